The number of H-pyrrole nitrogens is 1. The summed E-state index contributed by atoms with van der Waals surface area (Å²) in [5, 5.41) is 2.31. The summed E-state index contributed by atoms with van der Waals surface area (Å²) in [6, 6.07) is 3.89. The average Bonchev–Trinajstić information content (AvgIpc) is 3.27. The van der Waals surface area contributed by atoms with Gasteiger partial charge in [0.25, 0.3) is 5.56 Å². The zero-order valence-electron chi connectivity index (χ0n) is 15.0. The molecule has 8 heteroatoms. The molecule has 0 radical (unpaired) electrons. The van der Waals surface area contributed by atoms with Gasteiger partial charge in [-0.2, -0.15) is 4.98 Å². The maximum atomic E-state index is 11.6. The second-order valence-electron chi connectivity index (χ2n) is 7.16. The van der Waals surface area contributed by atoms with E-state index in [4.69, 9.17) is 5.73 Å². The Labute approximate surface area is 157 Å². The van der Waals surface area contributed by atoms with Crippen molar-refractivity contribution in [3.8, 4) is 0 Å². The van der Waals surface area contributed by atoms with Crippen molar-refractivity contribution in [1.82, 2.24) is 19.8 Å². The molecule has 2 saturated heterocycles. The molecular weight excluding hydrogens is 348 g/mol. The third-order valence-corrected chi connectivity index (χ3v) is 6.11. The summed E-state index contributed by atoms with van der Waals surface area (Å²) >= 11 is 1.87. The van der Waals surface area contributed by atoms with E-state index in [0.29, 0.717) is 5.82 Å². The van der Waals surface area contributed by atoms with Gasteiger partial charge in [-0.15, -0.1) is 11.3 Å². The predicted molar refractivity (Wildman–Crippen MR) is 106 cm³/mol. The van der Waals surface area contributed by atoms with E-state index in [1.165, 1.54) is 42.4 Å². The lowest BCUT2D eigenvalue weighted by Crippen LogP contribution is -2.46. The Kier molecular flexibility index (Phi) is 5.23. The lowest BCUT2D eigenvalue weighted by Gasteiger charge is -2.35. The van der Waals surface area contributed by atoms with E-state index < -0.39 is 0 Å². The van der Waals surface area contributed by atoms with Gasteiger partial charge in [-0.05, 0) is 42.9 Å². The smallest absolute Gasteiger partial charge is 0.254 e. The van der Waals surface area contributed by atoms with Crippen LogP contribution in [0, 0.1) is 0 Å². The number of nitrogens with zero attached hydrogens (tertiary/aromatic N) is 4. The van der Waals surface area contributed by atoms with Crippen LogP contribution in [0.2, 0.25) is 0 Å². The van der Waals surface area contributed by atoms with Crippen molar-refractivity contribution in [3.63, 3.8) is 0 Å². The molecule has 26 heavy (non-hydrogen) atoms. The Morgan fingerprint density at radius 1 is 1.04 bits per heavy atom. The zero-order valence-corrected chi connectivity index (χ0v) is 15.8. The van der Waals surface area contributed by atoms with Gasteiger partial charge in [0, 0.05) is 50.2 Å². The molecule has 0 atom stereocenters. The molecule has 7 nitrogen and oxygen atoms in total. The molecule has 2 aliphatic heterocycles. The predicted octanol–water partition coefficient (Wildman–Crippen LogP) is 1.33. The number of likely N-dealkylation sites (tertiary alicyclic amines) is 1. The first-order valence-corrected chi connectivity index (χ1v) is 10.2. The summed E-state index contributed by atoms with van der Waals surface area (Å²) in [5.41, 5.74) is 6.91. The summed E-state index contributed by atoms with van der Waals surface area (Å²) in [5.74, 6) is 0.856. The molecular formula is C18H26N6OS. The second-order valence-corrected chi connectivity index (χ2v) is 8.15. The fourth-order valence-electron chi connectivity index (χ4n) is 3.77. The quantitative estimate of drug-likeness (QED) is 0.822. The molecule has 0 aromatic carbocycles. The minimum absolute atomic E-state index is 0.180. The van der Waals surface area contributed by atoms with Crippen LogP contribution >= 0.6 is 11.3 Å². The molecule has 0 unspecified atom stereocenters. The third kappa shape index (κ3) is 4.25. The average molecular weight is 375 g/mol. The zero-order chi connectivity index (χ0) is 17.9. The summed E-state index contributed by atoms with van der Waals surface area (Å²) < 4.78 is 0. The van der Waals surface area contributed by atoms with Crippen molar-refractivity contribution in [3.05, 3.63) is 38.3 Å². The number of hydrogen-bond acceptors (Lipinski definition) is 7. The van der Waals surface area contributed by atoms with Crippen LogP contribution in [0.25, 0.3) is 0 Å². The lowest BCUT2D eigenvalue weighted by atomic mass is 10.2. The number of aromatic nitrogens is 2. The molecule has 0 aliphatic carbocycles. The number of nitrogen functional groups attached to an aromatic ring is 1. The maximum Gasteiger partial charge on any atom is 0.254 e. The van der Waals surface area contributed by atoms with Crippen molar-refractivity contribution in [1.29, 1.82) is 0 Å². The van der Waals surface area contributed by atoms with Gasteiger partial charge >= 0.3 is 0 Å². The van der Waals surface area contributed by atoms with Gasteiger partial charge in [-0.3, -0.25) is 19.6 Å². The van der Waals surface area contributed by atoms with Crippen LogP contribution in [0.15, 0.2) is 22.3 Å². The summed E-state index contributed by atoms with van der Waals surface area (Å²) in [6.45, 7) is 8.25. The largest absolute Gasteiger partial charge is 0.369 e. The fraction of sp³-hybridized carbons (Fsp3) is 0.556. The first kappa shape index (κ1) is 17.5. The van der Waals surface area contributed by atoms with Gasteiger partial charge in [0.15, 0.2) is 0 Å². The topological polar surface area (TPSA) is 81.5 Å². The number of aromatic amines is 1. The number of anilines is 2. The first-order chi connectivity index (χ1) is 12.7. The molecule has 4 rings (SSSR count). The van der Waals surface area contributed by atoms with Crippen LogP contribution in [-0.4, -0.2) is 59.0 Å². The Balaban J connectivity index is 1.29. The van der Waals surface area contributed by atoms with E-state index in [2.05, 4.69) is 36.1 Å². The van der Waals surface area contributed by atoms with Crippen molar-refractivity contribution in [2.45, 2.75) is 25.9 Å². The van der Waals surface area contributed by atoms with E-state index in [0.717, 1.165) is 39.3 Å². The molecule has 0 amide bonds. The van der Waals surface area contributed by atoms with Crippen molar-refractivity contribution >= 4 is 23.1 Å². The Morgan fingerprint density at radius 3 is 2.50 bits per heavy atom. The standard InChI is InChI=1S/C18H26N6OS/c19-18-20-16(10-17(25)21-18)24-7-5-23(6-8-24)12-15-9-14(13-26-15)11-22-3-1-2-4-22/h9-10,13H,1-8,11-12H2,(H3,19,20,21,25). The van der Waals surface area contributed by atoms with Crippen LogP contribution < -0.4 is 16.2 Å². The Morgan fingerprint density at radius 2 is 1.77 bits per heavy atom. The Bertz CT molecular complexity index is 789. The summed E-state index contributed by atoms with van der Waals surface area (Å²) in [6.07, 6.45) is 2.68. The SMILES string of the molecule is Nc1nc(N2CCN(Cc3cc(CN4CCCC4)cs3)CC2)cc(=O)[nH]1. The highest BCUT2D eigenvalue weighted by atomic mass is 32.1. The highest BCUT2D eigenvalue weighted by molar-refractivity contribution is 7.10. The maximum absolute atomic E-state index is 11.6. The van der Waals surface area contributed by atoms with Crippen LogP contribution in [-0.2, 0) is 13.1 Å². The lowest BCUT2D eigenvalue weighted by molar-refractivity contribution is 0.251. The summed E-state index contributed by atoms with van der Waals surface area (Å²) in [4.78, 5) is 26.9. The first-order valence-electron chi connectivity index (χ1n) is 9.28. The van der Waals surface area contributed by atoms with Gasteiger partial charge in [-0.25, -0.2) is 0 Å². The van der Waals surface area contributed by atoms with Gasteiger partial charge in [-0.1, -0.05) is 0 Å². The highest BCUT2D eigenvalue weighted by Gasteiger charge is 2.20. The van der Waals surface area contributed by atoms with Crippen molar-refractivity contribution in [2.24, 2.45) is 0 Å². The molecule has 4 heterocycles. The molecule has 0 bridgehead atoms. The normalized spacial score (nSPS) is 19.3. The number of thiophene rings is 1. The van der Waals surface area contributed by atoms with Crippen LogP contribution in [0.4, 0.5) is 11.8 Å². The Hall–Kier alpha value is -1.90. The van der Waals surface area contributed by atoms with Crippen LogP contribution in [0.3, 0.4) is 0 Å². The highest BCUT2D eigenvalue weighted by Crippen LogP contribution is 2.21. The molecule has 0 saturated carbocycles. The third-order valence-electron chi connectivity index (χ3n) is 5.14. The minimum atomic E-state index is -0.195. The number of piperazine rings is 1. The molecule has 140 valence electrons. The van der Waals surface area contributed by atoms with Gasteiger partial charge in [0.1, 0.15) is 5.82 Å². The van der Waals surface area contributed by atoms with Gasteiger partial charge < -0.3 is 10.6 Å². The monoisotopic (exact) mass is 374 g/mol. The van der Waals surface area contributed by atoms with E-state index in [-0.39, 0.29) is 11.5 Å². The molecule has 3 N–H and O–H groups in total. The van der Waals surface area contributed by atoms with Crippen LogP contribution in [0.5, 0.6) is 0 Å². The van der Waals surface area contributed by atoms with Crippen LogP contribution in [0.1, 0.15) is 23.3 Å². The summed E-state index contributed by atoms with van der Waals surface area (Å²) in [7, 11) is 0. The molecule has 2 aliphatic rings. The number of rotatable bonds is 5. The van der Waals surface area contributed by atoms with E-state index >= 15 is 0 Å². The van der Waals surface area contributed by atoms with Gasteiger partial charge in [0.2, 0.25) is 5.95 Å². The van der Waals surface area contributed by atoms with E-state index in [1.54, 1.807) is 0 Å². The van der Waals surface area contributed by atoms with E-state index in [9.17, 15) is 4.79 Å². The number of hydrogen-bond donors (Lipinski definition) is 2. The van der Waals surface area contributed by atoms with Gasteiger partial charge in [0.05, 0.1) is 0 Å². The number of nitrogens with one attached hydrogen (secondary N) is 1. The second kappa shape index (κ2) is 7.77. The molecule has 2 fully saturated rings. The number of nitrogens with two attached hydrogens (primary N) is 1. The minimum Gasteiger partial charge on any atom is -0.369 e. The molecule has 2 aromatic heterocycles. The van der Waals surface area contributed by atoms with E-state index in [1.807, 2.05) is 11.3 Å². The fourth-order valence-corrected chi connectivity index (χ4v) is 4.69. The van der Waals surface area contributed by atoms with Crippen molar-refractivity contribution in [2.75, 3.05) is 49.9 Å². The molecule has 2 aromatic rings. The molecule has 0 spiro atoms. The van der Waals surface area contributed by atoms with Crippen molar-refractivity contribution < 1.29 is 0 Å².